The highest BCUT2D eigenvalue weighted by molar-refractivity contribution is 7.95. The Labute approximate surface area is 189 Å². The minimum atomic E-state index is -1.84. The first-order valence-electron chi connectivity index (χ1n) is 9.69. The Balaban J connectivity index is 0.00000240. The van der Waals surface area contributed by atoms with Crippen LogP contribution in [-0.4, -0.2) is 4.98 Å². The Morgan fingerprint density at radius 1 is 0.724 bits per heavy atom. The van der Waals surface area contributed by atoms with Crippen LogP contribution in [0, 0.1) is 0 Å². The average molecular weight is 482 g/mol. The minimum Gasteiger partial charge on any atom is -1.00 e. The fourth-order valence-corrected chi connectivity index (χ4v) is 9.22. The first-order valence-corrected chi connectivity index (χ1v) is 12.5. The summed E-state index contributed by atoms with van der Waals surface area (Å²) >= 11 is 1.81. The quantitative estimate of drug-likeness (QED) is 0.386. The molecule has 29 heavy (non-hydrogen) atoms. The molecule has 4 aromatic rings. The van der Waals surface area contributed by atoms with E-state index in [4.69, 9.17) is 4.98 Å². The van der Waals surface area contributed by atoms with Crippen LogP contribution in [0.4, 0.5) is 0 Å². The maximum atomic E-state index is 5.02. The van der Waals surface area contributed by atoms with E-state index in [1.54, 1.807) is 11.3 Å². The summed E-state index contributed by atoms with van der Waals surface area (Å²) in [7, 11) is -1.84. The summed E-state index contributed by atoms with van der Waals surface area (Å²) in [5.41, 5.74) is 1.20. The summed E-state index contributed by atoms with van der Waals surface area (Å²) in [4.78, 5) is 5.02. The average Bonchev–Trinajstić information content (AvgIpc) is 3.23. The Bertz CT molecular complexity index is 920. The second-order valence-corrected chi connectivity index (χ2v) is 11.7. The van der Waals surface area contributed by atoms with Crippen molar-refractivity contribution in [1.29, 1.82) is 0 Å². The normalized spacial score (nSPS) is 11.3. The number of aromatic nitrogens is 1. The zero-order valence-corrected chi connectivity index (χ0v) is 20.0. The van der Waals surface area contributed by atoms with E-state index in [1.807, 2.05) is 0 Å². The third-order valence-corrected chi connectivity index (χ3v) is 10.5. The van der Waals surface area contributed by atoms with Gasteiger partial charge in [-0.05, 0) is 42.3 Å². The van der Waals surface area contributed by atoms with Crippen molar-refractivity contribution in [2.45, 2.75) is 25.9 Å². The Hall–Kier alpha value is -1.80. The fraction of sp³-hybridized carbons (Fsp3) is 0.160. The highest BCUT2D eigenvalue weighted by Crippen LogP contribution is 2.58. The molecule has 0 spiro atoms. The van der Waals surface area contributed by atoms with E-state index in [1.165, 1.54) is 26.6 Å². The van der Waals surface area contributed by atoms with Crippen molar-refractivity contribution in [2.75, 3.05) is 0 Å². The second-order valence-electron chi connectivity index (χ2n) is 7.30. The van der Waals surface area contributed by atoms with Crippen molar-refractivity contribution >= 4 is 34.5 Å². The van der Waals surface area contributed by atoms with E-state index in [2.05, 4.69) is 110 Å². The molecule has 0 saturated heterocycles. The molecule has 1 heterocycles. The van der Waals surface area contributed by atoms with Crippen molar-refractivity contribution in [3.63, 3.8) is 0 Å². The van der Waals surface area contributed by atoms with Gasteiger partial charge < -0.3 is 17.0 Å². The number of hydrogen-bond acceptors (Lipinski definition) is 2. The van der Waals surface area contributed by atoms with E-state index in [0.29, 0.717) is 5.92 Å². The van der Waals surface area contributed by atoms with Crippen molar-refractivity contribution in [1.82, 2.24) is 4.98 Å². The van der Waals surface area contributed by atoms with Crippen molar-refractivity contribution in [3.8, 4) is 0 Å². The molecule has 0 unspecified atom stereocenters. The molecule has 148 valence electrons. The molecule has 4 heteroatoms. The molecule has 0 radical (unpaired) electrons. The van der Waals surface area contributed by atoms with Crippen LogP contribution in [0.3, 0.4) is 0 Å². The number of benzene rings is 3. The predicted molar refractivity (Wildman–Crippen MR) is 125 cm³/mol. The molecule has 4 rings (SSSR count). The van der Waals surface area contributed by atoms with Gasteiger partial charge in [-0.2, -0.15) is 0 Å². The second kappa shape index (κ2) is 9.80. The molecular formula is C25H25BrNPS. The van der Waals surface area contributed by atoms with E-state index < -0.39 is 7.26 Å². The molecule has 0 bridgehead atoms. The summed E-state index contributed by atoms with van der Waals surface area (Å²) in [6, 6.07) is 33.1. The van der Waals surface area contributed by atoms with E-state index in [9.17, 15) is 0 Å². The van der Waals surface area contributed by atoms with Gasteiger partial charge in [-0.3, -0.25) is 0 Å². The van der Waals surface area contributed by atoms with Gasteiger partial charge in [-0.25, -0.2) is 4.98 Å². The van der Waals surface area contributed by atoms with Gasteiger partial charge in [0.2, 0.25) is 0 Å². The largest absolute Gasteiger partial charge is 1.00 e. The van der Waals surface area contributed by atoms with Crippen molar-refractivity contribution < 1.29 is 17.0 Å². The number of rotatable bonds is 6. The summed E-state index contributed by atoms with van der Waals surface area (Å²) in [5, 5.41) is 7.69. The molecule has 0 N–H and O–H groups in total. The summed E-state index contributed by atoms with van der Waals surface area (Å²) in [6.45, 7) is 4.43. The van der Waals surface area contributed by atoms with Crippen molar-refractivity contribution in [3.05, 3.63) is 107 Å². The van der Waals surface area contributed by atoms with Crippen LogP contribution < -0.4 is 32.9 Å². The maximum absolute atomic E-state index is 5.02. The smallest absolute Gasteiger partial charge is 0.131 e. The predicted octanol–water partition coefficient (Wildman–Crippen LogP) is 2.76. The molecule has 0 atom stereocenters. The number of nitrogens with zero attached hydrogens (tertiary/aromatic N) is 1. The first-order chi connectivity index (χ1) is 13.7. The summed E-state index contributed by atoms with van der Waals surface area (Å²) in [6.07, 6.45) is 0.961. The Morgan fingerprint density at radius 2 is 1.14 bits per heavy atom. The van der Waals surface area contributed by atoms with E-state index in [0.717, 1.165) is 6.16 Å². The van der Waals surface area contributed by atoms with E-state index in [-0.39, 0.29) is 17.0 Å². The minimum absolute atomic E-state index is 0. The maximum Gasteiger partial charge on any atom is 0.131 e. The van der Waals surface area contributed by atoms with Crippen LogP contribution >= 0.6 is 18.6 Å². The molecule has 0 aliphatic carbocycles. The molecule has 1 nitrogen and oxygen atoms in total. The number of halogens is 1. The Kier molecular flexibility index (Phi) is 7.40. The lowest BCUT2D eigenvalue weighted by atomic mass is 10.2. The van der Waals surface area contributed by atoms with Gasteiger partial charge in [0.15, 0.2) is 0 Å². The van der Waals surface area contributed by atoms with Crippen LogP contribution in [0.15, 0.2) is 96.4 Å². The molecule has 0 aliphatic rings. The third kappa shape index (κ3) is 4.53. The first kappa shape index (κ1) is 21.9. The number of hydrogen-bond donors (Lipinski definition) is 0. The molecular weight excluding hydrogens is 457 g/mol. The van der Waals surface area contributed by atoms with Crippen LogP contribution in [0.1, 0.15) is 30.5 Å². The Morgan fingerprint density at radius 3 is 1.48 bits per heavy atom. The highest BCUT2D eigenvalue weighted by Gasteiger charge is 2.46. The zero-order valence-electron chi connectivity index (χ0n) is 16.7. The fourth-order valence-electron chi connectivity index (χ4n) is 3.63. The van der Waals surface area contributed by atoms with Gasteiger partial charge in [-0.1, -0.05) is 68.4 Å². The zero-order chi connectivity index (χ0) is 19.4. The molecule has 3 aromatic carbocycles. The summed E-state index contributed by atoms with van der Waals surface area (Å²) < 4.78 is 0. The molecule has 0 fully saturated rings. The summed E-state index contributed by atoms with van der Waals surface area (Å²) in [5.74, 6) is 0.461. The van der Waals surface area contributed by atoms with E-state index >= 15 is 0 Å². The van der Waals surface area contributed by atoms with Crippen LogP contribution in [0.2, 0.25) is 0 Å². The third-order valence-electron chi connectivity index (χ3n) is 5.12. The van der Waals surface area contributed by atoms with Crippen LogP contribution in [0.25, 0.3) is 0 Å². The van der Waals surface area contributed by atoms with Gasteiger partial charge >= 0.3 is 0 Å². The molecule has 0 saturated carbocycles. The lowest BCUT2D eigenvalue weighted by Gasteiger charge is -2.26. The van der Waals surface area contributed by atoms with Crippen LogP contribution in [-0.2, 0) is 6.16 Å². The standard InChI is InChI=1S/C25H25NPS.BrH/c1-20(2)24-19-28-25(26-24)18-27(21-12-6-3-7-13-21,22-14-8-4-9-15-22)23-16-10-5-11-17-23;/h3-17,19-20H,18H2,1-2H3;1H/q+1;/p-1. The van der Waals surface area contributed by atoms with Crippen LogP contribution in [0.5, 0.6) is 0 Å². The molecule has 0 amide bonds. The molecule has 1 aromatic heterocycles. The van der Waals surface area contributed by atoms with Gasteiger partial charge in [0, 0.05) is 5.38 Å². The van der Waals surface area contributed by atoms with Gasteiger partial charge in [0.25, 0.3) is 0 Å². The number of thiazole rings is 1. The SMILES string of the molecule is CC(C)c1csc(C[P+](c2ccccc2)(c2ccccc2)c2ccccc2)n1.[Br-]. The van der Waals surface area contributed by atoms with Gasteiger partial charge in [-0.15, -0.1) is 11.3 Å². The van der Waals surface area contributed by atoms with Crippen molar-refractivity contribution in [2.24, 2.45) is 0 Å². The monoisotopic (exact) mass is 481 g/mol. The topological polar surface area (TPSA) is 12.9 Å². The van der Waals surface area contributed by atoms with Gasteiger partial charge in [0.1, 0.15) is 34.3 Å². The lowest BCUT2D eigenvalue weighted by Crippen LogP contribution is -3.00. The van der Waals surface area contributed by atoms with Gasteiger partial charge in [0.05, 0.1) is 5.69 Å². The highest BCUT2D eigenvalue weighted by atomic mass is 79.9. The lowest BCUT2D eigenvalue weighted by molar-refractivity contribution is -0.00000563. The molecule has 0 aliphatic heterocycles.